The van der Waals surface area contributed by atoms with Crippen molar-refractivity contribution in [1.82, 2.24) is 15.0 Å². The van der Waals surface area contributed by atoms with Crippen molar-refractivity contribution in [2.45, 2.75) is 0 Å². The van der Waals surface area contributed by atoms with Crippen LogP contribution in [-0.4, -0.2) is 20.1 Å². The van der Waals surface area contributed by atoms with E-state index in [0.29, 0.717) is 28.6 Å². The van der Waals surface area contributed by atoms with Gasteiger partial charge in [0.05, 0.1) is 0 Å². The first-order valence-corrected chi connectivity index (χ1v) is 14.9. The molecule has 7 heteroatoms. The van der Waals surface area contributed by atoms with Crippen molar-refractivity contribution in [3.05, 3.63) is 121 Å². The predicted molar refractivity (Wildman–Crippen MR) is 180 cm³/mol. The molecular formula is C39H21N3O4. The molecule has 7 nitrogen and oxygen atoms in total. The third kappa shape index (κ3) is 3.75. The lowest BCUT2D eigenvalue weighted by Gasteiger charge is -2.08. The van der Waals surface area contributed by atoms with E-state index in [4.69, 9.17) is 28.2 Å². The van der Waals surface area contributed by atoms with E-state index in [1.54, 1.807) is 12.1 Å². The summed E-state index contributed by atoms with van der Waals surface area (Å²) in [4.78, 5) is 14.9. The maximum atomic E-state index is 9.98. The monoisotopic (exact) mass is 595 g/mol. The number of phenols is 1. The molecule has 6 aromatic carbocycles. The summed E-state index contributed by atoms with van der Waals surface area (Å²) in [6, 6.07) is 39.2. The third-order valence-electron chi connectivity index (χ3n) is 8.62. The molecular weight excluding hydrogens is 574 g/mol. The van der Waals surface area contributed by atoms with Crippen LogP contribution in [0.4, 0.5) is 0 Å². The van der Waals surface area contributed by atoms with Crippen LogP contribution in [0.15, 0.2) is 135 Å². The molecule has 0 saturated carbocycles. The summed E-state index contributed by atoms with van der Waals surface area (Å²) < 4.78 is 18.5. The number of aromatic hydroxyl groups is 1. The van der Waals surface area contributed by atoms with Gasteiger partial charge in [-0.1, -0.05) is 54.6 Å². The second-order valence-electron chi connectivity index (χ2n) is 11.4. The predicted octanol–water partition coefficient (Wildman–Crippen LogP) is 10.3. The fourth-order valence-electron chi connectivity index (χ4n) is 6.40. The molecule has 10 aromatic rings. The number of furan rings is 3. The zero-order valence-corrected chi connectivity index (χ0v) is 24.1. The van der Waals surface area contributed by atoms with Crippen molar-refractivity contribution in [2.24, 2.45) is 0 Å². The van der Waals surface area contributed by atoms with E-state index in [-0.39, 0.29) is 5.75 Å². The van der Waals surface area contributed by atoms with Crippen molar-refractivity contribution in [1.29, 1.82) is 0 Å². The lowest BCUT2D eigenvalue weighted by Crippen LogP contribution is -2.00. The molecule has 0 spiro atoms. The van der Waals surface area contributed by atoms with Gasteiger partial charge >= 0.3 is 0 Å². The second kappa shape index (κ2) is 9.27. The summed E-state index contributed by atoms with van der Waals surface area (Å²) in [5.41, 5.74) is 6.86. The first kappa shape index (κ1) is 24.9. The third-order valence-corrected chi connectivity index (χ3v) is 8.62. The van der Waals surface area contributed by atoms with Crippen LogP contribution < -0.4 is 0 Å². The van der Waals surface area contributed by atoms with Crippen molar-refractivity contribution in [2.75, 3.05) is 0 Å². The van der Waals surface area contributed by atoms with Gasteiger partial charge in [0.25, 0.3) is 0 Å². The smallest absolute Gasteiger partial charge is 0.164 e. The van der Waals surface area contributed by atoms with Gasteiger partial charge in [-0.25, -0.2) is 15.0 Å². The van der Waals surface area contributed by atoms with Gasteiger partial charge in [-0.3, -0.25) is 0 Å². The van der Waals surface area contributed by atoms with Gasteiger partial charge in [0, 0.05) is 55.1 Å². The SMILES string of the molecule is Oc1ccc2c(c1)oc1cc(-c3nc(-c4ccc5c(c4)oc4ccccc45)nc(-c4ccc5c(c4)oc4ccccc45)n3)ccc12. The minimum absolute atomic E-state index is 0.154. The number of fused-ring (bicyclic) bond motifs is 9. The van der Waals surface area contributed by atoms with Crippen LogP contribution >= 0.6 is 0 Å². The van der Waals surface area contributed by atoms with Crippen LogP contribution in [0.25, 0.3) is 100.0 Å². The molecule has 0 aliphatic rings. The Bertz CT molecular complexity index is 2710. The average Bonchev–Trinajstić information content (AvgIpc) is 3.77. The molecule has 0 fully saturated rings. The molecule has 4 aromatic heterocycles. The van der Waals surface area contributed by atoms with Crippen molar-refractivity contribution < 1.29 is 18.4 Å². The zero-order chi connectivity index (χ0) is 30.4. The number of para-hydroxylation sites is 2. The van der Waals surface area contributed by atoms with E-state index in [1.165, 1.54) is 0 Å². The highest BCUT2D eigenvalue weighted by Crippen LogP contribution is 2.36. The molecule has 0 aliphatic heterocycles. The minimum atomic E-state index is 0.154. The molecule has 0 saturated heterocycles. The van der Waals surface area contributed by atoms with Gasteiger partial charge in [-0.05, 0) is 60.7 Å². The Balaban J connectivity index is 1.18. The van der Waals surface area contributed by atoms with E-state index in [1.807, 2.05) is 84.9 Å². The Morgan fingerprint density at radius 3 is 1.15 bits per heavy atom. The number of hydrogen-bond donors (Lipinski definition) is 1. The molecule has 216 valence electrons. The maximum absolute atomic E-state index is 9.98. The standard InChI is InChI=1S/C39H21N3O4/c43-24-12-16-30-29-15-11-23(19-35(29)46-36(30)20-24)39-41-37(21-9-13-27-25-5-1-3-7-31(25)44-33(27)17-21)40-38(42-39)22-10-14-28-26-6-2-4-8-32(26)45-34(28)18-22/h1-20,43H. The van der Waals surface area contributed by atoms with Crippen LogP contribution in [0.1, 0.15) is 0 Å². The summed E-state index contributed by atoms with van der Waals surface area (Å²) in [5.74, 6) is 1.68. The van der Waals surface area contributed by atoms with E-state index in [9.17, 15) is 5.11 Å². The van der Waals surface area contributed by atoms with Gasteiger partial charge < -0.3 is 18.4 Å². The molecule has 1 N–H and O–H groups in total. The van der Waals surface area contributed by atoms with Crippen molar-refractivity contribution in [3.63, 3.8) is 0 Å². The number of nitrogens with zero attached hydrogens (tertiary/aromatic N) is 3. The van der Waals surface area contributed by atoms with E-state index >= 15 is 0 Å². The lowest BCUT2D eigenvalue weighted by molar-refractivity contribution is 0.475. The molecule has 0 amide bonds. The van der Waals surface area contributed by atoms with Gasteiger partial charge in [0.1, 0.15) is 39.2 Å². The van der Waals surface area contributed by atoms with Crippen LogP contribution in [0, 0.1) is 0 Å². The molecule has 4 heterocycles. The van der Waals surface area contributed by atoms with Crippen molar-refractivity contribution in [3.8, 4) is 39.9 Å². The van der Waals surface area contributed by atoms with Crippen LogP contribution in [0.5, 0.6) is 5.75 Å². The Labute approximate surface area is 260 Å². The highest BCUT2D eigenvalue weighted by Gasteiger charge is 2.17. The molecule has 0 unspecified atom stereocenters. The van der Waals surface area contributed by atoms with Crippen LogP contribution in [0.2, 0.25) is 0 Å². The number of hydrogen-bond acceptors (Lipinski definition) is 7. The van der Waals surface area contributed by atoms with Crippen molar-refractivity contribution >= 4 is 65.8 Å². The summed E-state index contributed by atoms with van der Waals surface area (Å²) in [7, 11) is 0. The van der Waals surface area contributed by atoms with Crippen LogP contribution in [-0.2, 0) is 0 Å². The normalized spacial score (nSPS) is 12.0. The summed E-state index contributed by atoms with van der Waals surface area (Å²) in [5, 5.41) is 16.0. The summed E-state index contributed by atoms with van der Waals surface area (Å²) in [6.07, 6.45) is 0. The Morgan fingerprint density at radius 2 is 0.696 bits per heavy atom. The Kier molecular flexibility index (Phi) is 5.02. The highest BCUT2D eigenvalue weighted by atomic mass is 16.3. The van der Waals surface area contributed by atoms with E-state index in [0.717, 1.165) is 71.3 Å². The minimum Gasteiger partial charge on any atom is -0.508 e. The maximum Gasteiger partial charge on any atom is 0.164 e. The number of aromatic nitrogens is 3. The Morgan fingerprint density at radius 1 is 0.348 bits per heavy atom. The summed E-state index contributed by atoms with van der Waals surface area (Å²) in [6.45, 7) is 0. The molecule has 0 atom stereocenters. The quantitative estimate of drug-likeness (QED) is 0.217. The molecule has 0 radical (unpaired) electrons. The Hall–Kier alpha value is -6.47. The topological polar surface area (TPSA) is 98.3 Å². The number of rotatable bonds is 3. The zero-order valence-electron chi connectivity index (χ0n) is 24.1. The fraction of sp³-hybridized carbons (Fsp3) is 0. The van der Waals surface area contributed by atoms with E-state index in [2.05, 4.69) is 24.3 Å². The highest BCUT2D eigenvalue weighted by molar-refractivity contribution is 6.08. The first-order valence-electron chi connectivity index (χ1n) is 14.9. The number of benzene rings is 6. The molecule has 0 aliphatic carbocycles. The van der Waals surface area contributed by atoms with Gasteiger partial charge in [-0.15, -0.1) is 0 Å². The summed E-state index contributed by atoms with van der Waals surface area (Å²) >= 11 is 0. The van der Waals surface area contributed by atoms with Gasteiger partial charge in [0.2, 0.25) is 0 Å². The lowest BCUT2D eigenvalue weighted by atomic mass is 10.1. The molecule has 10 rings (SSSR count). The van der Waals surface area contributed by atoms with Gasteiger partial charge in [0.15, 0.2) is 17.5 Å². The first-order chi connectivity index (χ1) is 22.6. The van der Waals surface area contributed by atoms with E-state index < -0.39 is 0 Å². The largest absolute Gasteiger partial charge is 0.508 e. The second-order valence-corrected chi connectivity index (χ2v) is 11.4. The van der Waals surface area contributed by atoms with Gasteiger partial charge in [-0.2, -0.15) is 0 Å². The average molecular weight is 596 g/mol. The molecule has 0 bridgehead atoms. The fourth-order valence-corrected chi connectivity index (χ4v) is 6.40. The van der Waals surface area contributed by atoms with Crippen LogP contribution in [0.3, 0.4) is 0 Å². The number of phenolic OH excluding ortho intramolecular Hbond substituents is 1. The molecule has 46 heavy (non-hydrogen) atoms.